The first kappa shape index (κ1) is 12.7. The van der Waals surface area contributed by atoms with Gasteiger partial charge in [0.2, 0.25) is 10.0 Å². The summed E-state index contributed by atoms with van der Waals surface area (Å²) in [5.74, 6) is 0.468. The summed E-state index contributed by atoms with van der Waals surface area (Å²) >= 11 is 0. The molecule has 0 spiro atoms. The van der Waals surface area contributed by atoms with E-state index in [0.717, 1.165) is 12.8 Å². The summed E-state index contributed by atoms with van der Waals surface area (Å²) in [5.41, 5.74) is 6.41. The first-order chi connectivity index (χ1) is 8.50. The number of nitrogens with one attached hydrogen (secondary N) is 1. The number of nitrogens with two attached hydrogens (primary N) is 1. The fraction of sp³-hybridized carbons (Fsp3) is 0.364. The van der Waals surface area contributed by atoms with Crippen molar-refractivity contribution in [1.82, 2.24) is 0 Å². The van der Waals surface area contributed by atoms with Crippen LogP contribution < -0.4 is 10.5 Å². The molecular weight excluding hydrogens is 254 g/mol. The van der Waals surface area contributed by atoms with E-state index in [1.54, 1.807) is 24.3 Å². The SMILES string of the molecule is NC(=NO)c1ccc(NS(=O)(=O)CC2CC2)cc1. The van der Waals surface area contributed by atoms with E-state index in [1.807, 2.05) is 0 Å². The van der Waals surface area contributed by atoms with Crippen molar-refractivity contribution in [1.29, 1.82) is 0 Å². The molecule has 1 aromatic carbocycles. The molecule has 1 aliphatic rings. The molecule has 0 amide bonds. The van der Waals surface area contributed by atoms with Crippen molar-refractivity contribution in [3.63, 3.8) is 0 Å². The lowest BCUT2D eigenvalue weighted by Crippen LogP contribution is -2.18. The highest BCUT2D eigenvalue weighted by Gasteiger charge is 2.27. The third kappa shape index (κ3) is 3.36. The number of hydrogen-bond acceptors (Lipinski definition) is 4. The van der Waals surface area contributed by atoms with E-state index in [0.29, 0.717) is 17.2 Å². The third-order valence-electron chi connectivity index (χ3n) is 2.71. The highest BCUT2D eigenvalue weighted by atomic mass is 32.2. The number of anilines is 1. The fourth-order valence-electron chi connectivity index (χ4n) is 1.58. The molecule has 18 heavy (non-hydrogen) atoms. The van der Waals surface area contributed by atoms with Gasteiger partial charge < -0.3 is 10.9 Å². The van der Waals surface area contributed by atoms with Crippen molar-refractivity contribution in [3.8, 4) is 0 Å². The molecule has 0 heterocycles. The molecule has 0 bridgehead atoms. The monoisotopic (exact) mass is 269 g/mol. The summed E-state index contributed by atoms with van der Waals surface area (Å²) in [4.78, 5) is 0. The van der Waals surface area contributed by atoms with Crippen LogP contribution in [0.2, 0.25) is 0 Å². The van der Waals surface area contributed by atoms with Crippen LogP contribution >= 0.6 is 0 Å². The Hall–Kier alpha value is -1.76. The summed E-state index contributed by atoms with van der Waals surface area (Å²) in [5, 5.41) is 11.4. The zero-order valence-electron chi connectivity index (χ0n) is 9.70. The van der Waals surface area contributed by atoms with Gasteiger partial charge in [-0.15, -0.1) is 0 Å². The van der Waals surface area contributed by atoms with Gasteiger partial charge >= 0.3 is 0 Å². The lowest BCUT2D eigenvalue weighted by Gasteiger charge is -2.07. The van der Waals surface area contributed by atoms with Crippen molar-refractivity contribution in [3.05, 3.63) is 29.8 Å². The Morgan fingerprint density at radius 2 is 2.00 bits per heavy atom. The van der Waals surface area contributed by atoms with Crippen molar-refractivity contribution < 1.29 is 13.6 Å². The summed E-state index contributed by atoms with van der Waals surface area (Å²) in [6.07, 6.45) is 1.98. The van der Waals surface area contributed by atoms with Gasteiger partial charge in [-0.2, -0.15) is 0 Å². The Kier molecular flexibility index (Phi) is 3.42. The largest absolute Gasteiger partial charge is 0.409 e. The number of rotatable bonds is 5. The van der Waals surface area contributed by atoms with Gasteiger partial charge in [-0.05, 0) is 43.0 Å². The molecule has 1 aliphatic carbocycles. The molecule has 98 valence electrons. The quantitative estimate of drug-likeness (QED) is 0.320. The molecule has 0 aromatic heterocycles. The lowest BCUT2D eigenvalue weighted by molar-refractivity contribution is 0.318. The predicted octanol–water partition coefficient (Wildman–Crippen LogP) is 0.933. The number of benzene rings is 1. The Balaban J connectivity index is 2.05. The van der Waals surface area contributed by atoms with Crippen LogP contribution in [0.25, 0.3) is 0 Å². The van der Waals surface area contributed by atoms with E-state index in [2.05, 4.69) is 9.88 Å². The molecule has 1 saturated carbocycles. The van der Waals surface area contributed by atoms with Crippen molar-refractivity contribution >= 4 is 21.5 Å². The number of hydrogen-bond donors (Lipinski definition) is 3. The fourth-order valence-corrected chi connectivity index (χ4v) is 3.12. The summed E-state index contributed by atoms with van der Waals surface area (Å²) in [6, 6.07) is 6.34. The minimum Gasteiger partial charge on any atom is -0.409 e. The van der Waals surface area contributed by atoms with Gasteiger partial charge in [-0.3, -0.25) is 4.72 Å². The minimum atomic E-state index is -3.27. The zero-order chi connectivity index (χ0) is 13.2. The van der Waals surface area contributed by atoms with Crippen LogP contribution in [0.4, 0.5) is 5.69 Å². The summed E-state index contributed by atoms with van der Waals surface area (Å²) in [7, 11) is -3.27. The van der Waals surface area contributed by atoms with Gasteiger partial charge in [0.25, 0.3) is 0 Å². The number of sulfonamides is 1. The molecule has 7 heteroatoms. The van der Waals surface area contributed by atoms with Crippen molar-refractivity contribution in [2.24, 2.45) is 16.8 Å². The minimum absolute atomic E-state index is 0.0117. The maximum Gasteiger partial charge on any atom is 0.232 e. The first-order valence-corrected chi connectivity index (χ1v) is 7.24. The highest BCUT2D eigenvalue weighted by molar-refractivity contribution is 7.92. The van der Waals surface area contributed by atoms with Crippen LogP contribution in [0, 0.1) is 5.92 Å². The molecule has 6 nitrogen and oxygen atoms in total. The van der Waals surface area contributed by atoms with E-state index in [-0.39, 0.29) is 11.6 Å². The lowest BCUT2D eigenvalue weighted by atomic mass is 10.2. The zero-order valence-corrected chi connectivity index (χ0v) is 10.5. The molecule has 0 atom stereocenters. The molecule has 4 N–H and O–H groups in total. The van der Waals surface area contributed by atoms with Crippen molar-refractivity contribution in [2.45, 2.75) is 12.8 Å². The summed E-state index contributed by atoms with van der Waals surface area (Å²) in [6.45, 7) is 0. The van der Waals surface area contributed by atoms with Crippen LogP contribution in [-0.2, 0) is 10.0 Å². The summed E-state index contributed by atoms with van der Waals surface area (Å²) < 4.78 is 26.0. The Labute approximate surface area is 106 Å². The van der Waals surface area contributed by atoms with Gasteiger partial charge in [0.05, 0.1) is 5.75 Å². The van der Waals surface area contributed by atoms with Gasteiger partial charge in [0.15, 0.2) is 5.84 Å². The second kappa shape index (κ2) is 4.85. The maximum absolute atomic E-state index is 11.7. The Morgan fingerprint density at radius 3 is 2.50 bits per heavy atom. The average Bonchev–Trinajstić information content (AvgIpc) is 3.11. The van der Waals surface area contributed by atoms with Gasteiger partial charge in [0, 0.05) is 11.3 Å². The Bertz CT molecular complexity index is 547. The van der Waals surface area contributed by atoms with Crippen LogP contribution in [0.15, 0.2) is 29.4 Å². The van der Waals surface area contributed by atoms with Gasteiger partial charge in [0.1, 0.15) is 0 Å². The molecule has 2 rings (SSSR count). The standard InChI is InChI=1S/C11H15N3O3S/c12-11(13-15)9-3-5-10(6-4-9)14-18(16,17)7-8-1-2-8/h3-6,8,14-15H,1-2,7H2,(H2,12,13). The third-order valence-corrected chi connectivity index (χ3v) is 4.17. The topological polar surface area (TPSA) is 105 Å². The number of nitrogens with zero attached hydrogens (tertiary/aromatic N) is 1. The highest BCUT2D eigenvalue weighted by Crippen LogP contribution is 2.30. The smallest absolute Gasteiger partial charge is 0.232 e. The second-order valence-corrected chi connectivity index (χ2v) is 6.16. The molecular formula is C11H15N3O3S. The van der Waals surface area contributed by atoms with Crippen LogP contribution in [0.5, 0.6) is 0 Å². The molecule has 1 fully saturated rings. The second-order valence-electron chi connectivity index (χ2n) is 4.39. The number of oxime groups is 1. The Morgan fingerprint density at radius 1 is 1.39 bits per heavy atom. The van der Waals surface area contributed by atoms with Crippen molar-refractivity contribution in [2.75, 3.05) is 10.5 Å². The van der Waals surface area contributed by atoms with E-state index in [1.165, 1.54) is 0 Å². The predicted molar refractivity (Wildman–Crippen MR) is 69.1 cm³/mol. The molecule has 0 unspecified atom stereocenters. The van der Waals surface area contributed by atoms with E-state index >= 15 is 0 Å². The average molecular weight is 269 g/mol. The van der Waals surface area contributed by atoms with Gasteiger partial charge in [-0.1, -0.05) is 5.16 Å². The molecule has 0 saturated heterocycles. The molecule has 0 aliphatic heterocycles. The van der Waals surface area contributed by atoms with Gasteiger partial charge in [-0.25, -0.2) is 8.42 Å². The molecule has 0 radical (unpaired) electrons. The first-order valence-electron chi connectivity index (χ1n) is 5.58. The van der Waals surface area contributed by atoms with Crippen LogP contribution in [0.3, 0.4) is 0 Å². The van der Waals surface area contributed by atoms with E-state index in [9.17, 15) is 8.42 Å². The number of amidine groups is 1. The maximum atomic E-state index is 11.7. The van der Waals surface area contributed by atoms with Crippen LogP contribution in [0.1, 0.15) is 18.4 Å². The normalized spacial score (nSPS) is 16.6. The van der Waals surface area contributed by atoms with E-state index in [4.69, 9.17) is 10.9 Å². The molecule has 1 aromatic rings. The van der Waals surface area contributed by atoms with Crippen LogP contribution in [-0.4, -0.2) is 25.2 Å². The van der Waals surface area contributed by atoms with E-state index < -0.39 is 10.0 Å².